The maximum atomic E-state index is 12.2. The average Bonchev–Trinajstić information content (AvgIpc) is 2.65. The van der Waals surface area contributed by atoms with Crippen LogP contribution in [0.3, 0.4) is 0 Å². The second kappa shape index (κ2) is 5.03. The molecule has 1 atom stereocenters. The molecule has 102 valence electrons. The van der Waals surface area contributed by atoms with E-state index >= 15 is 0 Å². The van der Waals surface area contributed by atoms with Gasteiger partial charge in [-0.1, -0.05) is 35.5 Å². The molecule has 0 saturated heterocycles. The van der Waals surface area contributed by atoms with E-state index in [2.05, 4.69) is 10.5 Å². The molecule has 0 aromatic heterocycles. The number of oxime groups is 1. The Hall–Kier alpha value is -1.84. The number of benzene rings is 1. The number of amides is 1. The van der Waals surface area contributed by atoms with Gasteiger partial charge in [0.05, 0.1) is 5.92 Å². The van der Waals surface area contributed by atoms with Crippen LogP contribution in [-0.2, 0) is 9.63 Å². The fourth-order valence-corrected chi connectivity index (χ4v) is 2.31. The van der Waals surface area contributed by atoms with E-state index in [0.29, 0.717) is 5.71 Å². The summed E-state index contributed by atoms with van der Waals surface area (Å²) in [5.41, 5.74) is 0.984. The summed E-state index contributed by atoms with van der Waals surface area (Å²) < 4.78 is 0. The van der Waals surface area contributed by atoms with E-state index in [-0.39, 0.29) is 17.9 Å². The third-order valence-corrected chi connectivity index (χ3v) is 3.13. The molecule has 1 aromatic rings. The summed E-state index contributed by atoms with van der Waals surface area (Å²) >= 11 is 0. The molecule has 19 heavy (non-hydrogen) atoms. The van der Waals surface area contributed by atoms with Gasteiger partial charge in [0, 0.05) is 6.04 Å². The third kappa shape index (κ3) is 2.78. The molecular weight excluding hydrogens is 240 g/mol. The van der Waals surface area contributed by atoms with E-state index in [1.165, 1.54) is 0 Å². The Labute approximate surface area is 113 Å². The number of nitrogens with zero attached hydrogens (tertiary/aromatic N) is 1. The lowest BCUT2D eigenvalue weighted by Crippen LogP contribution is -2.41. The lowest BCUT2D eigenvalue weighted by Gasteiger charge is -2.25. The first kappa shape index (κ1) is 13.6. The van der Waals surface area contributed by atoms with E-state index in [0.717, 1.165) is 5.56 Å². The molecule has 1 amide bonds. The summed E-state index contributed by atoms with van der Waals surface area (Å²) in [7, 11) is 0. The third-order valence-electron chi connectivity index (χ3n) is 3.13. The Balaban J connectivity index is 2.31. The molecule has 1 heterocycles. The molecule has 0 fully saturated rings. The van der Waals surface area contributed by atoms with Crippen LogP contribution in [0.2, 0.25) is 0 Å². The van der Waals surface area contributed by atoms with Gasteiger partial charge in [0.2, 0.25) is 0 Å². The fraction of sp³-hybridized carbons (Fsp3) is 0.467. The molecule has 0 radical (unpaired) electrons. The van der Waals surface area contributed by atoms with Gasteiger partial charge in [0.15, 0.2) is 5.71 Å². The highest BCUT2D eigenvalue weighted by Gasteiger charge is 2.45. The first-order chi connectivity index (χ1) is 8.92. The monoisotopic (exact) mass is 260 g/mol. The predicted molar refractivity (Wildman–Crippen MR) is 75.1 cm³/mol. The SMILES string of the molecule is CC(C)NC(=O)C1=NOC(C)(C)C1c1ccccc1. The Morgan fingerprint density at radius 2 is 1.95 bits per heavy atom. The maximum absolute atomic E-state index is 12.2. The highest BCUT2D eigenvalue weighted by atomic mass is 16.7. The smallest absolute Gasteiger partial charge is 0.270 e. The normalized spacial score (nSPS) is 20.9. The summed E-state index contributed by atoms with van der Waals surface area (Å²) in [6, 6.07) is 9.95. The number of carbonyl (C=O) groups is 1. The number of hydrogen-bond acceptors (Lipinski definition) is 3. The number of carbonyl (C=O) groups excluding carboxylic acids is 1. The van der Waals surface area contributed by atoms with Crippen molar-refractivity contribution >= 4 is 11.6 Å². The van der Waals surface area contributed by atoms with Crippen molar-refractivity contribution < 1.29 is 9.63 Å². The van der Waals surface area contributed by atoms with Gasteiger partial charge in [-0.05, 0) is 33.3 Å². The van der Waals surface area contributed by atoms with Gasteiger partial charge in [0.1, 0.15) is 5.60 Å². The molecule has 0 spiro atoms. The van der Waals surface area contributed by atoms with Gasteiger partial charge in [-0.3, -0.25) is 4.79 Å². The lowest BCUT2D eigenvalue weighted by molar-refractivity contribution is -0.115. The molecule has 2 rings (SSSR count). The molecule has 1 aromatic carbocycles. The summed E-state index contributed by atoms with van der Waals surface area (Å²) in [5.74, 6) is -0.304. The van der Waals surface area contributed by atoms with Crippen molar-refractivity contribution in [3.63, 3.8) is 0 Å². The van der Waals surface area contributed by atoms with Crippen LogP contribution in [-0.4, -0.2) is 23.3 Å². The Morgan fingerprint density at radius 3 is 2.53 bits per heavy atom. The Kier molecular flexibility index (Phi) is 3.60. The van der Waals surface area contributed by atoms with Crippen molar-refractivity contribution in [3.8, 4) is 0 Å². The van der Waals surface area contributed by atoms with E-state index in [1.54, 1.807) is 0 Å². The van der Waals surface area contributed by atoms with Gasteiger partial charge in [-0.25, -0.2) is 0 Å². The molecule has 1 aliphatic rings. The fourth-order valence-electron chi connectivity index (χ4n) is 2.31. The Morgan fingerprint density at radius 1 is 1.32 bits per heavy atom. The van der Waals surface area contributed by atoms with E-state index in [4.69, 9.17) is 4.84 Å². The quantitative estimate of drug-likeness (QED) is 0.907. The van der Waals surface area contributed by atoms with Gasteiger partial charge in [-0.15, -0.1) is 0 Å². The van der Waals surface area contributed by atoms with Gasteiger partial charge in [-0.2, -0.15) is 0 Å². The van der Waals surface area contributed by atoms with Crippen LogP contribution in [0, 0.1) is 0 Å². The minimum atomic E-state index is -0.509. The minimum absolute atomic E-state index is 0.0790. The molecule has 0 bridgehead atoms. The second-order valence-electron chi connectivity index (χ2n) is 5.64. The van der Waals surface area contributed by atoms with E-state index in [1.807, 2.05) is 58.0 Å². The maximum Gasteiger partial charge on any atom is 0.270 e. The van der Waals surface area contributed by atoms with Crippen LogP contribution in [0.25, 0.3) is 0 Å². The van der Waals surface area contributed by atoms with Gasteiger partial charge in [0.25, 0.3) is 5.91 Å². The highest BCUT2D eigenvalue weighted by Crippen LogP contribution is 2.37. The van der Waals surface area contributed by atoms with Crippen LogP contribution in [0.15, 0.2) is 35.5 Å². The van der Waals surface area contributed by atoms with Crippen molar-refractivity contribution in [2.45, 2.75) is 45.3 Å². The van der Waals surface area contributed by atoms with E-state index < -0.39 is 5.60 Å². The lowest BCUT2D eigenvalue weighted by atomic mass is 9.81. The van der Waals surface area contributed by atoms with Crippen LogP contribution < -0.4 is 5.32 Å². The van der Waals surface area contributed by atoms with Crippen molar-refractivity contribution in [2.75, 3.05) is 0 Å². The van der Waals surface area contributed by atoms with Gasteiger partial charge < -0.3 is 10.2 Å². The number of rotatable bonds is 3. The highest BCUT2D eigenvalue weighted by molar-refractivity contribution is 6.41. The minimum Gasteiger partial charge on any atom is -0.388 e. The number of hydrogen-bond donors (Lipinski definition) is 1. The summed E-state index contributed by atoms with van der Waals surface area (Å²) in [4.78, 5) is 17.7. The molecule has 0 saturated carbocycles. The van der Waals surface area contributed by atoms with Crippen LogP contribution >= 0.6 is 0 Å². The van der Waals surface area contributed by atoms with Gasteiger partial charge >= 0.3 is 0 Å². The molecule has 1 N–H and O–H groups in total. The molecular formula is C15H20N2O2. The second-order valence-corrected chi connectivity index (χ2v) is 5.64. The predicted octanol–water partition coefficient (Wildman–Crippen LogP) is 2.46. The Bertz CT molecular complexity index is 492. The first-order valence-corrected chi connectivity index (χ1v) is 6.53. The number of nitrogens with one attached hydrogen (secondary N) is 1. The molecule has 0 aliphatic carbocycles. The van der Waals surface area contributed by atoms with Crippen LogP contribution in [0.5, 0.6) is 0 Å². The standard InChI is InChI=1S/C15H20N2O2/c1-10(2)16-14(18)13-12(15(3,4)19-17-13)11-8-6-5-7-9-11/h5-10,12H,1-4H3,(H,16,18). The van der Waals surface area contributed by atoms with Crippen molar-refractivity contribution in [2.24, 2.45) is 5.16 Å². The topological polar surface area (TPSA) is 50.7 Å². The van der Waals surface area contributed by atoms with Crippen molar-refractivity contribution in [3.05, 3.63) is 35.9 Å². The van der Waals surface area contributed by atoms with Crippen molar-refractivity contribution in [1.29, 1.82) is 0 Å². The first-order valence-electron chi connectivity index (χ1n) is 6.53. The summed E-state index contributed by atoms with van der Waals surface area (Å²) in [6.07, 6.45) is 0. The molecule has 1 unspecified atom stereocenters. The average molecular weight is 260 g/mol. The summed E-state index contributed by atoms with van der Waals surface area (Å²) in [6.45, 7) is 7.75. The molecule has 4 nitrogen and oxygen atoms in total. The largest absolute Gasteiger partial charge is 0.388 e. The van der Waals surface area contributed by atoms with E-state index in [9.17, 15) is 4.79 Å². The van der Waals surface area contributed by atoms with Crippen molar-refractivity contribution in [1.82, 2.24) is 5.32 Å². The van der Waals surface area contributed by atoms with Crippen LogP contribution in [0.1, 0.15) is 39.2 Å². The molecule has 4 heteroatoms. The molecule has 1 aliphatic heterocycles. The zero-order valence-corrected chi connectivity index (χ0v) is 11.8. The zero-order valence-electron chi connectivity index (χ0n) is 11.8. The zero-order chi connectivity index (χ0) is 14.0. The van der Waals surface area contributed by atoms with Crippen LogP contribution in [0.4, 0.5) is 0 Å². The summed E-state index contributed by atoms with van der Waals surface area (Å²) in [5, 5.41) is 6.88.